The van der Waals surface area contributed by atoms with Crippen molar-refractivity contribution in [3.05, 3.63) is 71.4 Å². The van der Waals surface area contributed by atoms with E-state index < -0.39 is 0 Å². The molecule has 0 fully saturated rings. The fourth-order valence-corrected chi connectivity index (χ4v) is 3.32. The number of fused-ring (bicyclic) bond motifs is 1. The zero-order valence-corrected chi connectivity index (χ0v) is 17.0. The quantitative estimate of drug-likeness (QED) is 0.532. The Kier molecular flexibility index (Phi) is 4.62. The van der Waals surface area contributed by atoms with Crippen molar-refractivity contribution in [2.45, 2.75) is 20.4 Å². The fraction of sp³-hybridized carbons (Fsp3) is 0.182. The molecule has 4 aromatic rings. The molecule has 5 rings (SSSR count). The summed E-state index contributed by atoms with van der Waals surface area (Å²) >= 11 is 0. The fourth-order valence-electron chi connectivity index (χ4n) is 3.32. The second-order valence-electron chi connectivity index (χ2n) is 7.13. The molecule has 0 spiro atoms. The number of rotatable bonds is 5. The summed E-state index contributed by atoms with van der Waals surface area (Å²) in [7, 11) is 0. The summed E-state index contributed by atoms with van der Waals surface area (Å²) in [5.41, 5.74) is 3.74. The molecule has 0 bridgehead atoms. The molecule has 156 valence electrons. The van der Waals surface area contributed by atoms with Gasteiger partial charge in [-0.15, -0.1) is 0 Å². The highest BCUT2D eigenvalue weighted by Crippen LogP contribution is 2.32. The van der Waals surface area contributed by atoms with Crippen molar-refractivity contribution in [3.63, 3.8) is 0 Å². The summed E-state index contributed by atoms with van der Waals surface area (Å²) in [4.78, 5) is 16.9. The van der Waals surface area contributed by atoms with Crippen LogP contribution in [-0.2, 0) is 6.54 Å². The molecule has 0 unspecified atom stereocenters. The summed E-state index contributed by atoms with van der Waals surface area (Å²) in [5.74, 6) is 2.26. The number of nitrogens with zero attached hydrogens (tertiary/aromatic N) is 4. The third kappa shape index (κ3) is 3.73. The molecule has 0 aliphatic carbocycles. The van der Waals surface area contributed by atoms with Crippen molar-refractivity contribution >= 4 is 5.91 Å². The predicted octanol–water partition coefficient (Wildman–Crippen LogP) is 3.20. The van der Waals surface area contributed by atoms with Gasteiger partial charge in [0, 0.05) is 25.2 Å². The molecule has 0 radical (unpaired) electrons. The molecule has 9 nitrogen and oxygen atoms in total. The minimum atomic E-state index is -0.194. The number of ether oxygens (including phenoxy) is 2. The van der Waals surface area contributed by atoms with Gasteiger partial charge in [-0.3, -0.25) is 4.79 Å². The first kappa shape index (κ1) is 18.9. The third-order valence-corrected chi connectivity index (χ3v) is 4.95. The van der Waals surface area contributed by atoms with Gasteiger partial charge in [-0.2, -0.15) is 10.1 Å². The van der Waals surface area contributed by atoms with Crippen LogP contribution in [0.5, 0.6) is 11.5 Å². The average Bonchev–Trinajstić information content (AvgIpc) is 3.51. The molecule has 2 aromatic heterocycles. The lowest BCUT2D eigenvalue weighted by Gasteiger charge is -2.05. The topological polar surface area (TPSA) is 104 Å². The molecule has 1 aliphatic rings. The minimum absolute atomic E-state index is 0.194. The van der Waals surface area contributed by atoms with E-state index in [0.29, 0.717) is 41.0 Å². The van der Waals surface area contributed by atoms with Crippen molar-refractivity contribution in [2.75, 3.05) is 6.79 Å². The molecular weight excluding hydrogens is 398 g/mol. The van der Waals surface area contributed by atoms with Gasteiger partial charge < -0.3 is 19.3 Å². The van der Waals surface area contributed by atoms with E-state index in [4.69, 9.17) is 14.0 Å². The maximum Gasteiger partial charge on any atom is 0.255 e. The van der Waals surface area contributed by atoms with Gasteiger partial charge in [-0.05, 0) is 48.9 Å². The highest BCUT2D eigenvalue weighted by Gasteiger charge is 2.16. The van der Waals surface area contributed by atoms with Crippen LogP contribution in [0.3, 0.4) is 0 Å². The summed E-state index contributed by atoms with van der Waals surface area (Å²) in [6.45, 7) is 4.15. The van der Waals surface area contributed by atoms with Gasteiger partial charge in [0.05, 0.1) is 16.9 Å². The van der Waals surface area contributed by atoms with Crippen LogP contribution in [0, 0.1) is 13.8 Å². The van der Waals surface area contributed by atoms with Crippen molar-refractivity contribution in [2.24, 2.45) is 0 Å². The van der Waals surface area contributed by atoms with E-state index >= 15 is 0 Å². The molecule has 1 amide bonds. The van der Waals surface area contributed by atoms with E-state index in [1.165, 1.54) is 0 Å². The molecule has 2 aromatic carbocycles. The Morgan fingerprint density at radius 2 is 1.90 bits per heavy atom. The van der Waals surface area contributed by atoms with Crippen molar-refractivity contribution in [1.82, 2.24) is 25.2 Å². The van der Waals surface area contributed by atoms with Crippen LogP contribution in [0.15, 0.2) is 53.2 Å². The number of aromatic nitrogens is 4. The maximum absolute atomic E-state index is 12.7. The number of amides is 1. The minimum Gasteiger partial charge on any atom is -0.454 e. The van der Waals surface area contributed by atoms with Crippen molar-refractivity contribution in [3.8, 4) is 28.6 Å². The zero-order valence-electron chi connectivity index (χ0n) is 17.0. The normalized spacial score (nSPS) is 12.2. The maximum atomic E-state index is 12.7. The smallest absolute Gasteiger partial charge is 0.255 e. The molecule has 0 atom stereocenters. The van der Waals surface area contributed by atoms with Crippen LogP contribution in [0.1, 0.15) is 27.5 Å². The van der Waals surface area contributed by atoms with Gasteiger partial charge in [-0.25, -0.2) is 4.68 Å². The van der Waals surface area contributed by atoms with Gasteiger partial charge in [0.2, 0.25) is 18.5 Å². The van der Waals surface area contributed by atoms with Crippen LogP contribution >= 0.6 is 0 Å². The Hall–Kier alpha value is -4.14. The molecule has 9 heteroatoms. The number of aryl methyl sites for hydroxylation is 2. The van der Waals surface area contributed by atoms with E-state index in [2.05, 4.69) is 20.6 Å². The molecule has 0 saturated heterocycles. The number of carbonyl (C=O) groups excluding carboxylic acids is 1. The van der Waals surface area contributed by atoms with Gasteiger partial charge in [-0.1, -0.05) is 11.2 Å². The average molecular weight is 417 g/mol. The Bertz CT molecular complexity index is 1260. The van der Waals surface area contributed by atoms with Crippen LogP contribution in [0.25, 0.3) is 17.1 Å². The lowest BCUT2D eigenvalue weighted by Crippen LogP contribution is -2.23. The summed E-state index contributed by atoms with van der Waals surface area (Å²) in [6, 6.07) is 13.2. The Morgan fingerprint density at radius 3 is 2.68 bits per heavy atom. The number of hydrogen-bond donors (Lipinski definition) is 1. The molecular formula is C22H19N5O4. The van der Waals surface area contributed by atoms with Crippen LogP contribution in [0.2, 0.25) is 0 Å². The summed E-state index contributed by atoms with van der Waals surface area (Å²) < 4.78 is 17.4. The number of carbonyl (C=O) groups is 1. The highest BCUT2D eigenvalue weighted by atomic mass is 16.7. The summed E-state index contributed by atoms with van der Waals surface area (Å²) in [6.07, 6.45) is 1.72. The molecule has 31 heavy (non-hydrogen) atoms. The van der Waals surface area contributed by atoms with E-state index in [1.807, 2.05) is 49.4 Å². The number of nitrogens with one attached hydrogen (secondary N) is 1. The monoisotopic (exact) mass is 417 g/mol. The van der Waals surface area contributed by atoms with Crippen molar-refractivity contribution in [1.29, 1.82) is 0 Å². The number of hydrogen-bond acceptors (Lipinski definition) is 7. The first-order valence-electron chi connectivity index (χ1n) is 9.71. The number of benzene rings is 2. The predicted molar refractivity (Wildman–Crippen MR) is 110 cm³/mol. The van der Waals surface area contributed by atoms with E-state index in [1.54, 1.807) is 17.8 Å². The first-order valence-corrected chi connectivity index (χ1v) is 9.71. The Balaban J connectivity index is 1.29. The van der Waals surface area contributed by atoms with Gasteiger partial charge in [0.1, 0.15) is 0 Å². The van der Waals surface area contributed by atoms with Crippen LogP contribution in [0.4, 0.5) is 0 Å². The van der Waals surface area contributed by atoms with Crippen LogP contribution < -0.4 is 14.8 Å². The van der Waals surface area contributed by atoms with Gasteiger partial charge >= 0.3 is 0 Å². The van der Waals surface area contributed by atoms with Gasteiger partial charge in [0.25, 0.3) is 5.91 Å². The van der Waals surface area contributed by atoms with E-state index in [9.17, 15) is 4.79 Å². The second kappa shape index (κ2) is 7.60. The first-order chi connectivity index (χ1) is 15.1. The van der Waals surface area contributed by atoms with E-state index in [-0.39, 0.29) is 12.7 Å². The Labute approximate surface area is 177 Å². The second-order valence-corrected chi connectivity index (χ2v) is 7.13. The van der Waals surface area contributed by atoms with E-state index in [0.717, 1.165) is 16.8 Å². The Morgan fingerprint density at radius 1 is 1.10 bits per heavy atom. The van der Waals surface area contributed by atoms with Crippen molar-refractivity contribution < 1.29 is 18.8 Å². The lowest BCUT2D eigenvalue weighted by atomic mass is 10.2. The molecule has 1 N–H and O–H groups in total. The van der Waals surface area contributed by atoms with Crippen LogP contribution in [-0.4, -0.2) is 32.6 Å². The highest BCUT2D eigenvalue weighted by molar-refractivity contribution is 5.95. The third-order valence-electron chi connectivity index (χ3n) is 4.95. The molecule has 0 saturated carbocycles. The van der Waals surface area contributed by atoms with Gasteiger partial charge in [0.15, 0.2) is 11.5 Å². The largest absolute Gasteiger partial charge is 0.454 e. The molecule has 1 aliphatic heterocycles. The lowest BCUT2D eigenvalue weighted by molar-refractivity contribution is 0.0950. The standard InChI is InChI=1S/C22H19N5O4/c1-13-18(22(28)23-10-15-3-8-19-20(9-15)30-12-29-19)11-27(25-13)17-6-4-16(5-7-17)21-24-14(2)31-26-21/h3-9,11H,10,12H2,1-2H3,(H,23,28). The zero-order chi connectivity index (χ0) is 21.4. The summed E-state index contributed by atoms with van der Waals surface area (Å²) in [5, 5.41) is 11.3. The SMILES string of the molecule is Cc1nc(-c2ccc(-n3cc(C(=O)NCc4ccc5c(c4)OCO5)c(C)n3)cc2)no1. The molecule has 3 heterocycles.